The Balaban J connectivity index is 2.33. The van der Waals surface area contributed by atoms with E-state index in [1.165, 1.54) is 4.46 Å². The maximum atomic E-state index is 5.80. The fourth-order valence-corrected chi connectivity index (χ4v) is 2.32. The summed E-state index contributed by atoms with van der Waals surface area (Å²) in [5, 5.41) is 0.775. The molecule has 0 aliphatic carbocycles. The van der Waals surface area contributed by atoms with Crippen molar-refractivity contribution in [3.8, 4) is 11.8 Å². The van der Waals surface area contributed by atoms with Crippen molar-refractivity contribution in [3.63, 3.8) is 0 Å². The minimum absolute atomic E-state index is 0.315. The van der Waals surface area contributed by atoms with E-state index in [-0.39, 0.29) is 0 Å². The first-order chi connectivity index (χ1) is 8.33. The van der Waals surface area contributed by atoms with E-state index in [0.29, 0.717) is 21.6 Å². The first-order valence-electron chi connectivity index (χ1n) is 5.05. The summed E-state index contributed by atoms with van der Waals surface area (Å²) in [6, 6.07) is 7.90. The van der Waals surface area contributed by atoms with E-state index in [1.807, 2.05) is 36.4 Å². The third-order valence-electron chi connectivity index (χ3n) is 1.72. The molecular weight excluding hydrogens is 299 g/mol. The Kier molecular flexibility index (Phi) is 7.54. The predicted octanol–water partition coefficient (Wildman–Crippen LogP) is 2.39. The van der Waals surface area contributed by atoms with Gasteiger partial charge in [0.1, 0.15) is 0 Å². The number of hydrogen-bond acceptors (Lipinski definition) is 1. The van der Waals surface area contributed by atoms with Gasteiger partial charge in [-0.25, -0.2) is 0 Å². The van der Waals surface area contributed by atoms with Crippen LogP contribution in [0.3, 0.4) is 0 Å². The van der Waals surface area contributed by atoms with Crippen LogP contribution in [0.1, 0.15) is 0 Å². The topological polar surface area (TPSA) is 9.23 Å². The summed E-state index contributed by atoms with van der Waals surface area (Å²) in [7, 11) is 1.66. The maximum absolute atomic E-state index is 5.80. The van der Waals surface area contributed by atoms with E-state index >= 15 is 0 Å². The average molecular weight is 312 g/mol. The molecule has 0 amide bonds. The molecule has 0 spiro atoms. The average Bonchev–Trinajstić information content (AvgIpc) is 2.35. The molecule has 1 nitrogen and oxygen atoms in total. The zero-order valence-corrected chi connectivity index (χ0v) is 12.0. The van der Waals surface area contributed by atoms with Gasteiger partial charge in [0.25, 0.3) is 0 Å². The van der Waals surface area contributed by atoms with Crippen LogP contribution in [0, 0.1) is 11.8 Å². The van der Waals surface area contributed by atoms with Crippen molar-refractivity contribution < 1.29 is 4.74 Å². The van der Waals surface area contributed by atoms with Crippen molar-refractivity contribution in [1.29, 1.82) is 0 Å². The number of halogens is 1. The van der Waals surface area contributed by atoms with Gasteiger partial charge in [0, 0.05) is 0 Å². The molecule has 1 rings (SSSR count). The third kappa shape index (κ3) is 7.05. The summed E-state index contributed by atoms with van der Waals surface area (Å²) in [6.45, 7) is 0.604. The van der Waals surface area contributed by atoms with Crippen molar-refractivity contribution in [3.05, 3.63) is 52.5 Å². The first-order valence-corrected chi connectivity index (χ1v) is 7.27. The Morgan fingerprint density at radius 1 is 1.24 bits per heavy atom. The van der Waals surface area contributed by atoms with Gasteiger partial charge in [-0.15, -0.1) is 0 Å². The molecule has 0 unspecified atom stereocenters. The standard InChI is InChI=1S/C14H13ClOSe/c1-16-11-5-3-2-4-6-12-17-14-9-7-13(15)8-10-14/h3,5-10,12H,11H2,1H3/b5-3+,12-6+. The molecule has 0 saturated carbocycles. The number of hydrogen-bond donors (Lipinski definition) is 0. The van der Waals surface area contributed by atoms with E-state index in [0.717, 1.165) is 5.02 Å². The molecule has 0 N–H and O–H groups in total. The number of rotatable bonds is 4. The van der Waals surface area contributed by atoms with Gasteiger partial charge < -0.3 is 0 Å². The molecule has 0 fully saturated rings. The molecule has 3 heteroatoms. The van der Waals surface area contributed by atoms with E-state index in [2.05, 4.69) is 16.8 Å². The second-order valence-electron chi connectivity index (χ2n) is 3.02. The zero-order chi connectivity index (χ0) is 12.3. The SMILES string of the molecule is COC/C=C/C#C/C=C/[Se]c1ccc(Cl)cc1. The fourth-order valence-electron chi connectivity index (χ4n) is 0.959. The summed E-state index contributed by atoms with van der Waals surface area (Å²) in [6.07, 6.45) is 5.56. The van der Waals surface area contributed by atoms with Gasteiger partial charge in [-0.1, -0.05) is 0 Å². The predicted molar refractivity (Wildman–Crippen MR) is 74.8 cm³/mol. The summed E-state index contributed by atoms with van der Waals surface area (Å²) < 4.78 is 6.14. The first kappa shape index (κ1) is 14.1. The second kappa shape index (κ2) is 9.10. The molecule has 0 atom stereocenters. The van der Waals surface area contributed by atoms with Crippen LogP contribution in [0.15, 0.2) is 47.5 Å². The summed E-state index contributed by atoms with van der Waals surface area (Å²) >= 11 is 6.12. The van der Waals surface area contributed by atoms with Crippen molar-refractivity contribution in [2.45, 2.75) is 0 Å². The van der Waals surface area contributed by atoms with E-state index in [9.17, 15) is 0 Å². The van der Waals surface area contributed by atoms with Gasteiger partial charge in [0.2, 0.25) is 0 Å². The van der Waals surface area contributed by atoms with Crippen molar-refractivity contribution in [2.75, 3.05) is 13.7 Å². The molecule has 1 aromatic carbocycles. The van der Waals surface area contributed by atoms with Crippen molar-refractivity contribution in [1.82, 2.24) is 0 Å². The summed E-state index contributed by atoms with van der Waals surface area (Å²) in [4.78, 5) is 2.09. The quantitative estimate of drug-likeness (QED) is 0.613. The fraction of sp³-hybridized carbons (Fsp3) is 0.143. The number of ether oxygens (including phenoxy) is 1. The van der Waals surface area contributed by atoms with Crippen molar-refractivity contribution >= 4 is 31.0 Å². The van der Waals surface area contributed by atoms with Gasteiger partial charge >= 0.3 is 114 Å². The van der Waals surface area contributed by atoms with Crippen LogP contribution < -0.4 is 4.46 Å². The van der Waals surface area contributed by atoms with Crippen LogP contribution in [0.25, 0.3) is 0 Å². The molecule has 0 aromatic heterocycles. The molecule has 1 aromatic rings. The molecule has 0 saturated heterocycles. The van der Waals surface area contributed by atoms with Crippen LogP contribution in [-0.2, 0) is 4.74 Å². The Morgan fingerprint density at radius 2 is 1.94 bits per heavy atom. The Morgan fingerprint density at radius 3 is 2.65 bits per heavy atom. The zero-order valence-electron chi connectivity index (χ0n) is 9.52. The Bertz CT molecular complexity index is 438. The molecule has 0 bridgehead atoms. The molecule has 88 valence electrons. The van der Waals surface area contributed by atoms with Gasteiger partial charge in [0.05, 0.1) is 0 Å². The van der Waals surface area contributed by atoms with Crippen LogP contribution in [0.4, 0.5) is 0 Å². The molecule has 0 aliphatic heterocycles. The van der Waals surface area contributed by atoms with Gasteiger partial charge in [0.15, 0.2) is 0 Å². The van der Waals surface area contributed by atoms with E-state index in [4.69, 9.17) is 16.3 Å². The molecule has 0 radical (unpaired) electrons. The van der Waals surface area contributed by atoms with Crippen LogP contribution in [-0.4, -0.2) is 28.7 Å². The van der Waals surface area contributed by atoms with Crippen LogP contribution in [0.5, 0.6) is 0 Å². The van der Waals surface area contributed by atoms with Crippen molar-refractivity contribution in [2.24, 2.45) is 0 Å². The Labute approximate surface area is 114 Å². The molecule has 0 heterocycles. The summed E-state index contributed by atoms with van der Waals surface area (Å²) in [5.74, 6) is 5.85. The normalized spacial score (nSPS) is 10.7. The monoisotopic (exact) mass is 312 g/mol. The number of allylic oxidation sites excluding steroid dienone is 2. The second-order valence-corrected chi connectivity index (χ2v) is 5.51. The van der Waals surface area contributed by atoms with E-state index < -0.39 is 0 Å². The molecule has 17 heavy (non-hydrogen) atoms. The summed E-state index contributed by atoms with van der Waals surface area (Å²) in [5.41, 5.74) is 0. The minimum atomic E-state index is 0.315. The van der Waals surface area contributed by atoms with E-state index in [1.54, 1.807) is 13.2 Å². The number of methoxy groups -OCH3 is 1. The Hall–Kier alpha value is -0.971. The molecular formula is C14H13ClOSe. The molecule has 0 aliphatic rings. The number of benzene rings is 1. The van der Waals surface area contributed by atoms with Crippen LogP contribution >= 0.6 is 11.6 Å². The van der Waals surface area contributed by atoms with Gasteiger partial charge in [-0.3, -0.25) is 0 Å². The van der Waals surface area contributed by atoms with Gasteiger partial charge in [-0.2, -0.15) is 0 Å². The third-order valence-corrected chi connectivity index (χ3v) is 3.68. The van der Waals surface area contributed by atoms with Gasteiger partial charge in [-0.05, 0) is 0 Å². The van der Waals surface area contributed by atoms with Crippen LogP contribution in [0.2, 0.25) is 5.02 Å².